The highest BCUT2D eigenvalue weighted by Crippen LogP contribution is 2.18. The summed E-state index contributed by atoms with van der Waals surface area (Å²) in [6.07, 6.45) is 2.12. The second-order valence-electron chi connectivity index (χ2n) is 3.08. The number of aliphatic hydroxyl groups is 1. The van der Waals surface area contributed by atoms with Crippen LogP contribution in [0, 0.1) is 0 Å². The molecular formula is C9H22N2O3P+. The summed E-state index contributed by atoms with van der Waals surface area (Å²) in [5.74, 6) is 0. The van der Waals surface area contributed by atoms with Gasteiger partial charge in [0.2, 0.25) is 0 Å². The van der Waals surface area contributed by atoms with Crippen LogP contribution in [0.1, 0.15) is 13.3 Å². The van der Waals surface area contributed by atoms with Crippen LogP contribution in [0.4, 0.5) is 0 Å². The average molecular weight is 237 g/mol. The van der Waals surface area contributed by atoms with Crippen molar-refractivity contribution in [3.05, 3.63) is 0 Å². The van der Waals surface area contributed by atoms with Crippen LogP contribution in [0.15, 0.2) is 0 Å². The Kier molecular flexibility index (Phi) is 12.0. The van der Waals surface area contributed by atoms with E-state index in [0.717, 1.165) is 13.0 Å². The molecule has 15 heavy (non-hydrogen) atoms. The van der Waals surface area contributed by atoms with Crippen molar-refractivity contribution >= 4 is 7.80 Å². The van der Waals surface area contributed by atoms with Gasteiger partial charge >= 0.3 is 7.80 Å². The summed E-state index contributed by atoms with van der Waals surface area (Å²) in [5.41, 5.74) is 0. The third-order valence-electron chi connectivity index (χ3n) is 1.75. The Balaban J connectivity index is 3.11. The minimum absolute atomic E-state index is 0.155. The molecule has 0 aliphatic carbocycles. The highest BCUT2D eigenvalue weighted by molar-refractivity contribution is 7.44. The van der Waals surface area contributed by atoms with Gasteiger partial charge in [-0.2, -0.15) is 0 Å². The minimum Gasteiger partial charge on any atom is -0.395 e. The second kappa shape index (κ2) is 12.0. The molecule has 5 nitrogen and oxygen atoms in total. The Morgan fingerprint density at radius 2 is 2.13 bits per heavy atom. The number of hydrogen-bond donors (Lipinski definition) is 3. The van der Waals surface area contributed by atoms with E-state index in [1.165, 1.54) is 0 Å². The molecule has 0 aromatic rings. The maximum absolute atomic E-state index is 11.4. The molecule has 1 unspecified atom stereocenters. The standard InChI is InChI=1S/C9H22N2O3P/c1-2-14-8-11-9-15(13)7-3-4-10-5-6-12/h10-12H,2-9H2,1H3/q+1. The van der Waals surface area contributed by atoms with Gasteiger partial charge in [0, 0.05) is 19.6 Å². The van der Waals surface area contributed by atoms with Crippen LogP contribution < -0.4 is 10.6 Å². The molecule has 3 N–H and O–H groups in total. The van der Waals surface area contributed by atoms with Gasteiger partial charge in [0.1, 0.15) is 6.16 Å². The molecule has 0 saturated carbocycles. The van der Waals surface area contributed by atoms with Crippen molar-refractivity contribution in [2.75, 3.05) is 45.5 Å². The quantitative estimate of drug-likeness (QED) is 0.274. The zero-order valence-electron chi connectivity index (χ0n) is 9.37. The monoisotopic (exact) mass is 237 g/mol. The Morgan fingerprint density at radius 3 is 2.80 bits per heavy atom. The molecule has 1 atom stereocenters. The van der Waals surface area contributed by atoms with E-state index in [2.05, 4.69) is 10.6 Å². The van der Waals surface area contributed by atoms with Crippen LogP contribution in [0.5, 0.6) is 0 Å². The average Bonchev–Trinajstić information content (AvgIpc) is 2.24. The zero-order valence-corrected chi connectivity index (χ0v) is 10.3. The molecule has 0 saturated heterocycles. The first-order valence-corrected chi connectivity index (χ1v) is 6.96. The Hall–Kier alpha value is -0.0600. The second-order valence-corrected chi connectivity index (χ2v) is 4.80. The number of ether oxygens (including phenoxy) is 1. The van der Waals surface area contributed by atoms with Crippen molar-refractivity contribution in [2.24, 2.45) is 0 Å². The fourth-order valence-corrected chi connectivity index (χ4v) is 2.02. The molecule has 0 aromatic heterocycles. The van der Waals surface area contributed by atoms with Gasteiger partial charge in [-0.3, -0.25) is 5.32 Å². The Labute approximate surface area is 92.4 Å². The van der Waals surface area contributed by atoms with Gasteiger partial charge in [0.05, 0.1) is 13.3 Å². The molecule has 0 aliphatic heterocycles. The fraction of sp³-hybridized carbons (Fsp3) is 1.00. The van der Waals surface area contributed by atoms with Crippen molar-refractivity contribution in [1.29, 1.82) is 0 Å². The summed E-state index contributed by atoms with van der Waals surface area (Å²) < 4.78 is 16.5. The molecule has 0 spiro atoms. The molecule has 0 radical (unpaired) electrons. The van der Waals surface area contributed by atoms with Crippen molar-refractivity contribution < 1.29 is 14.4 Å². The van der Waals surface area contributed by atoms with E-state index < -0.39 is 7.80 Å². The summed E-state index contributed by atoms with van der Waals surface area (Å²) >= 11 is 0. The van der Waals surface area contributed by atoms with Gasteiger partial charge in [0.15, 0.2) is 6.29 Å². The van der Waals surface area contributed by atoms with Crippen molar-refractivity contribution in [3.8, 4) is 0 Å². The number of aliphatic hydroxyl groups excluding tert-OH is 1. The number of rotatable bonds is 11. The lowest BCUT2D eigenvalue weighted by Gasteiger charge is -1.99. The first-order valence-electron chi connectivity index (χ1n) is 5.33. The predicted octanol–water partition coefficient (Wildman–Crippen LogP) is 0.327. The molecule has 0 rings (SSSR count). The van der Waals surface area contributed by atoms with Crippen LogP contribution in [0.3, 0.4) is 0 Å². The fourth-order valence-electron chi connectivity index (χ4n) is 1.01. The van der Waals surface area contributed by atoms with Gasteiger partial charge in [-0.05, 0) is 13.5 Å². The Bertz CT molecular complexity index is 158. The normalized spacial score (nSPS) is 11.7. The van der Waals surface area contributed by atoms with Crippen molar-refractivity contribution in [1.82, 2.24) is 10.6 Å². The lowest BCUT2D eigenvalue weighted by molar-refractivity contribution is 0.133. The van der Waals surface area contributed by atoms with Crippen LogP contribution in [0.2, 0.25) is 0 Å². The molecule has 0 heterocycles. The summed E-state index contributed by atoms with van der Waals surface area (Å²) in [6.45, 7) is 4.65. The van der Waals surface area contributed by atoms with Gasteiger partial charge < -0.3 is 15.2 Å². The van der Waals surface area contributed by atoms with Crippen molar-refractivity contribution in [2.45, 2.75) is 13.3 Å². The summed E-state index contributed by atoms with van der Waals surface area (Å²) in [4.78, 5) is 0. The summed E-state index contributed by atoms with van der Waals surface area (Å²) in [5, 5.41) is 14.5. The van der Waals surface area contributed by atoms with Gasteiger partial charge in [-0.15, -0.1) is 0 Å². The maximum Gasteiger partial charge on any atom is 0.354 e. The lowest BCUT2D eigenvalue weighted by atomic mass is 10.5. The molecule has 0 fully saturated rings. The first-order chi connectivity index (χ1) is 7.31. The molecule has 0 bridgehead atoms. The van der Waals surface area contributed by atoms with Crippen LogP contribution >= 0.6 is 7.80 Å². The Morgan fingerprint density at radius 1 is 1.33 bits per heavy atom. The van der Waals surface area contributed by atoms with Crippen LogP contribution in [-0.2, 0) is 9.30 Å². The third-order valence-corrected chi connectivity index (χ3v) is 3.14. The van der Waals surface area contributed by atoms with E-state index in [0.29, 0.717) is 32.3 Å². The van der Waals surface area contributed by atoms with Gasteiger partial charge in [-0.1, -0.05) is 4.57 Å². The zero-order chi connectivity index (χ0) is 11.4. The lowest BCUT2D eigenvalue weighted by Crippen LogP contribution is -2.20. The van der Waals surface area contributed by atoms with E-state index in [1.807, 2.05) is 6.92 Å². The van der Waals surface area contributed by atoms with Gasteiger partial charge in [-0.25, -0.2) is 0 Å². The predicted molar refractivity (Wildman–Crippen MR) is 61.5 cm³/mol. The molecule has 0 amide bonds. The molecular weight excluding hydrogens is 215 g/mol. The van der Waals surface area contributed by atoms with E-state index in [1.54, 1.807) is 0 Å². The van der Waals surface area contributed by atoms with Crippen molar-refractivity contribution in [3.63, 3.8) is 0 Å². The number of nitrogens with one attached hydrogen (secondary N) is 2. The largest absolute Gasteiger partial charge is 0.395 e. The highest BCUT2D eigenvalue weighted by atomic mass is 31.1. The topological polar surface area (TPSA) is 70.6 Å². The first kappa shape index (κ1) is 14.9. The maximum atomic E-state index is 11.4. The summed E-state index contributed by atoms with van der Waals surface area (Å²) in [6, 6.07) is 0. The van der Waals surface area contributed by atoms with E-state index in [-0.39, 0.29) is 6.61 Å². The highest BCUT2D eigenvalue weighted by Gasteiger charge is 2.12. The van der Waals surface area contributed by atoms with E-state index in [4.69, 9.17) is 9.84 Å². The minimum atomic E-state index is -1.16. The van der Waals surface area contributed by atoms with Crippen LogP contribution in [0.25, 0.3) is 0 Å². The van der Waals surface area contributed by atoms with E-state index >= 15 is 0 Å². The molecule has 0 aliphatic rings. The molecule has 90 valence electrons. The number of hydrogen-bond acceptors (Lipinski definition) is 5. The SMILES string of the molecule is CCOCNC[P+](=O)CCCNCCO. The smallest absolute Gasteiger partial charge is 0.354 e. The van der Waals surface area contributed by atoms with E-state index in [9.17, 15) is 4.57 Å². The van der Waals surface area contributed by atoms with Gasteiger partial charge in [0.25, 0.3) is 0 Å². The molecule has 0 aromatic carbocycles. The van der Waals surface area contributed by atoms with Crippen LogP contribution in [-0.4, -0.2) is 50.6 Å². The third kappa shape index (κ3) is 11.9. The molecule has 6 heteroatoms. The summed E-state index contributed by atoms with van der Waals surface area (Å²) in [7, 11) is -1.16.